The van der Waals surface area contributed by atoms with Crippen molar-refractivity contribution in [3.8, 4) is 0 Å². The van der Waals surface area contributed by atoms with Crippen LogP contribution in [0, 0.1) is 0 Å². The molecule has 5 rings (SSSR count). The number of H-pyrrole nitrogens is 1. The maximum absolute atomic E-state index is 13.0. The highest BCUT2D eigenvalue weighted by molar-refractivity contribution is 5.88. The van der Waals surface area contributed by atoms with Crippen LogP contribution in [-0.4, -0.2) is 50.7 Å². The number of amides is 1. The molecule has 1 aromatic carbocycles. The van der Waals surface area contributed by atoms with Crippen molar-refractivity contribution in [2.75, 3.05) is 17.7 Å². The summed E-state index contributed by atoms with van der Waals surface area (Å²) in [6.45, 7) is 2.02. The molecule has 2 heterocycles. The van der Waals surface area contributed by atoms with Crippen LogP contribution in [0.3, 0.4) is 0 Å². The summed E-state index contributed by atoms with van der Waals surface area (Å²) >= 11 is 0. The zero-order chi connectivity index (χ0) is 29.2. The minimum atomic E-state index is -4.46. The lowest BCUT2D eigenvalue weighted by molar-refractivity contribution is -0.137. The third kappa shape index (κ3) is 7.33. The standard InChI is InChI=1S/C28H32F3N7O3/c1-27(10-8-19(9-11-27)32-24(39)13-16-4-3-5-18(12-16)28(29,30)31)36-26-33-21(25(40)41-2)15-22(35-26)34-23-14-20(37-38-23)17-6-7-17/h3-5,12,14-15,17,19H,6-11,13H2,1-2H3,(H,32,39)(H3,33,34,35,36,37,38). The largest absolute Gasteiger partial charge is 0.464 e. The van der Waals surface area contributed by atoms with Gasteiger partial charge in [-0.1, -0.05) is 18.2 Å². The molecular weight excluding hydrogens is 539 g/mol. The number of halogens is 3. The molecule has 2 aliphatic rings. The third-order valence-corrected chi connectivity index (χ3v) is 7.48. The number of esters is 1. The quantitative estimate of drug-likeness (QED) is 0.261. The Hall–Kier alpha value is -4.16. The predicted octanol–water partition coefficient (Wildman–Crippen LogP) is 5.10. The highest BCUT2D eigenvalue weighted by Crippen LogP contribution is 2.39. The number of benzene rings is 1. The second-order valence-corrected chi connectivity index (χ2v) is 11.0. The Morgan fingerprint density at radius 2 is 1.83 bits per heavy atom. The molecule has 0 unspecified atom stereocenters. The molecule has 218 valence electrons. The van der Waals surface area contributed by atoms with Crippen molar-refractivity contribution in [2.45, 2.75) is 75.5 Å². The summed E-state index contributed by atoms with van der Waals surface area (Å²) < 4.78 is 43.8. The summed E-state index contributed by atoms with van der Waals surface area (Å²) in [6, 6.07) is 8.13. The molecule has 2 fully saturated rings. The molecule has 10 nitrogen and oxygen atoms in total. The fraction of sp³-hybridized carbons (Fsp3) is 0.464. The first-order chi connectivity index (χ1) is 19.5. The van der Waals surface area contributed by atoms with E-state index in [-0.39, 0.29) is 30.0 Å². The summed E-state index contributed by atoms with van der Waals surface area (Å²) in [5.74, 6) is 0.806. The van der Waals surface area contributed by atoms with Gasteiger partial charge >= 0.3 is 12.1 Å². The first-order valence-corrected chi connectivity index (χ1v) is 13.5. The Bertz CT molecular complexity index is 1410. The van der Waals surface area contributed by atoms with E-state index in [1.807, 2.05) is 13.0 Å². The second-order valence-electron chi connectivity index (χ2n) is 11.0. The SMILES string of the molecule is COC(=O)c1cc(Nc2cc(C3CC3)[nH]n2)nc(NC2(C)CCC(NC(=O)Cc3cccc(C(F)(F)F)c3)CC2)n1. The van der Waals surface area contributed by atoms with E-state index < -0.39 is 23.2 Å². The van der Waals surface area contributed by atoms with E-state index in [2.05, 4.69) is 36.1 Å². The lowest BCUT2D eigenvalue weighted by atomic mass is 9.81. The molecule has 1 amide bonds. The lowest BCUT2D eigenvalue weighted by Gasteiger charge is -2.38. The van der Waals surface area contributed by atoms with E-state index in [1.165, 1.54) is 25.3 Å². The Labute approximate surface area is 234 Å². The maximum Gasteiger partial charge on any atom is 0.416 e. The summed E-state index contributed by atoms with van der Waals surface area (Å²) in [4.78, 5) is 33.8. The number of hydrogen-bond donors (Lipinski definition) is 4. The summed E-state index contributed by atoms with van der Waals surface area (Å²) in [5, 5.41) is 16.7. The number of methoxy groups -OCH3 is 1. The van der Waals surface area contributed by atoms with E-state index in [9.17, 15) is 22.8 Å². The smallest absolute Gasteiger partial charge is 0.416 e. The monoisotopic (exact) mass is 571 g/mol. The van der Waals surface area contributed by atoms with Gasteiger partial charge in [-0.05, 0) is 57.1 Å². The third-order valence-electron chi connectivity index (χ3n) is 7.48. The number of carbonyl (C=O) groups is 2. The van der Waals surface area contributed by atoms with Crippen LogP contribution in [0.1, 0.15) is 78.7 Å². The highest BCUT2D eigenvalue weighted by Gasteiger charge is 2.33. The lowest BCUT2D eigenvalue weighted by Crippen LogP contribution is -2.46. The average Bonchev–Trinajstić information content (AvgIpc) is 3.67. The number of alkyl halides is 3. The normalized spacial score (nSPS) is 20.8. The van der Waals surface area contributed by atoms with Crippen LogP contribution in [0.15, 0.2) is 36.4 Å². The van der Waals surface area contributed by atoms with Crippen molar-refractivity contribution >= 4 is 29.5 Å². The van der Waals surface area contributed by atoms with Crippen molar-refractivity contribution in [1.82, 2.24) is 25.5 Å². The van der Waals surface area contributed by atoms with E-state index in [1.54, 1.807) is 0 Å². The van der Waals surface area contributed by atoms with Gasteiger partial charge in [0, 0.05) is 35.3 Å². The summed E-state index contributed by atoms with van der Waals surface area (Å²) in [7, 11) is 1.28. The maximum atomic E-state index is 13.0. The number of rotatable bonds is 9. The van der Waals surface area contributed by atoms with Gasteiger partial charge in [-0.15, -0.1) is 0 Å². The average molecular weight is 572 g/mol. The van der Waals surface area contributed by atoms with Crippen LogP contribution < -0.4 is 16.0 Å². The first-order valence-electron chi connectivity index (χ1n) is 13.5. The minimum Gasteiger partial charge on any atom is -0.464 e. The van der Waals surface area contributed by atoms with E-state index in [4.69, 9.17) is 4.74 Å². The number of ether oxygens (including phenoxy) is 1. The number of anilines is 3. The predicted molar refractivity (Wildman–Crippen MR) is 145 cm³/mol. The minimum absolute atomic E-state index is 0.0876. The zero-order valence-electron chi connectivity index (χ0n) is 22.8. The van der Waals surface area contributed by atoms with Gasteiger partial charge in [0.15, 0.2) is 11.5 Å². The second kappa shape index (κ2) is 11.4. The Balaban J connectivity index is 1.19. The summed E-state index contributed by atoms with van der Waals surface area (Å²) in [6.07, 6.45) is 0.318. The molecule has 3 aromatic rings. The zero-order valence-corrected chi connectivity index (χ0v) is 22.8. The molecule has 0 saturated heterocycles. The molecular formula is C28H32F3N7O3. The van der Waals surface area contributed by atoms with Crippen LogP contribution in [-0.2, 0) is 22.1 Å². The Morgan fingerprint density at radius 3 is 2.51 bits per heavy atom. The molecule has 2 aromatic heterocycles. The molecule has 0 bridgehead atoms. The van der Waals surface area contributed by atoms with E-state index in [0.717, 1.165) is 30.7 Å². The van der Waals surface area contributed by atoms with Gasteiger partial charge in [0.1, 0.15) is 5.82 Å². The molecule has 13 heteroatoms. The van der Waals surface area contributed by atoms with Gasteiger partial charge < -0.3 is 20.7 Å². The molecule has 41 heavy (non-hydrogen) atoms. The van der Waals surface area contributed by atoms with Crippen molar-refractivity contribution < 1.29 is 27.5 Å². The summed E-state index contributed by atoms with van der Waals surface area (Å²) in [5.41, 5.74) is 0.264. The number of aromatic nitrogens is 4. The Kier molecular flexibility index (Phi) is 7.87. The molecule has 4 N–H and O–H groups in total. The van der Waals surface area contributed by atoms with Crippen molar-refractivity contribution in [2.24, 2.45) is 0 Å². The fourth-order valence-electron chi connectivity index (χ4n) is 5.03. The van der Waals surface area contributed by atoms with Gasteiger partial charge in [0.2, 0.25) is 11.9 Å². The van der Waals surface area contributed by atoms with Crippen molar-refractivity contribution in [1.29, 1.82) is 0 Å². The van der Waals surface area contributed by atoms with Crippen LogP contribution in [0.2, 0.25) is 0 Å². The Morgan fingerprint density at radius 1 is 1.07 bits per heavy atom. The number of nitrogens with zero attached hydrogens (tertiary/aromatic N) is 3. The van der Waals surface area contributed by atoms with Crippen molar-refractivity contribution in [3.05, 3.63) is 58.9 Å². The molecule has 2 saturated carbocycles. The van der Waals surface area contributed by atoms with Gasteiger partial charge in [-0.2, -0.15) is 23.3 Å². The molecule has 2 aliphatic carbocycles. The molecule has 0 atom stereocenters. The van der Waals surface area contributed by atoms with Gasteiger partial charge in [0.05, 0.1) is 19.1 Å². The number of aromatic amines is 1. The molecule has 0 spiro atoms. The van der Waals surface area contributed by atoms with Crippen LogP contribution in [0.25, 0.3) is 0 Å². The van der Waals surface area contributed by atoms with Gasteiger partial charge in [-0.25, -0.2) is 9.78 Å². The van der Waals surface area contributed by atoms with Crippen LogP contribution in [0.4, 0.5) is 30.8 Å². The van der Waals surface area contributed by atoms with E-state index >= 15 is 0 Å². The fourth-order valence-corrected chi connectivity index (χ4v) is 5.03. The van der Waals surface area contributed by atoms with E-state index in [0.29, 0.717) is 48.8 Å². The van der Waals surface area contributed by atoms with Crippen molar-refractivity contribution in [3.63, 3.8) is 0 Å². The first kappa shape index (κ1) is 28.4. The van der Waals surface area contributed by atoms with Gasteiger partial charge in [0.25, 0.3) is 0 Å². The number of carbonyl (C=O) groups excluding carboxylic acids is 2. The molecule has 0 radical (unpaired) electrons. The number of nitrogens with one attached hydrogen (secondary N) is 4. The highest BCUT2D eigenvalue weighted by atomic mass is 19.4. The van der Waals surface area contributed by atoms with Crippen LogP contribution in [0.5, 0.6) is 0 Å². The van der Waals surface area contributed by atoms with Gasteiger partial charge in [-0.3, -0.25) is 9.89 Å². The number of hydrogen-bond acceptors (Lipinski definition) is 8. The topological polar surface area (TPSA) is 134 Å². The molecule has 0 aliphatic heterocycles. The van der Waals surface area contributed by atoms with Crippen LogP contribution >= 0.6 is 0 Å².